The molecule has 1 aliphatic carbocycles. The summed E-state index contributed by atoms with van der Waals surface area (Å²) >= 11 is 0. The Hall–Kier alpha value is -4.90. The van der Waals surface area contributed by atoms with E-state index in [0.717, 1.165) is 41.7 Å². The van der Waals surface area contributed by atoms with Gasteiger partial charge < -0.3 is 14.8 Å². The molecule has 3 unspecified atom stereocenters. The lowest BCUT2D eigenvalue weighted by molar-refractivity contribution is -0.121. The summed E-state index contributed by atoms with van der Waals surface area (Å²) in [5, 5.41) is 12.8. The van der Waals surface area contributed by atoms with E-state index >= 15 is 0 Å². The first-order chi connectivity index (χ1) is 20.5. The summed E-state index contributed by atoms with van der Waals surface area (Å²) < 4.78 is 5.96. The summed E-state index contributed by atoms with van der Waals surface area (Å²) in [6.07, 6.45) is 4.83. The lowest BCUT2D eigenvalue weighted by atomic mass is 9.69. The molecule has 210 valence electrons. The molecule has 2 N–H and O–H groups in total. The number of amides is 1. The van der Waals surface area contributed by atoms with E-state index in [2.05, 4.69) is 53.8 Å². The molecule has 0 spiro atoms. The van der Waals surface area contributed by atoms with Crippen LogP contribution in [-0.2, 0) is 24.1 Å². The zero-order valence-electron chi connectivity index (χ0n) is 23.3. The molecule has 3 atom stereocenters. The van der Waals surface area contributed by atoms with E-state index in [4.69, 9.17) is 4.42 Å². The fourth-order valence-electron chi connectivity index (χ4n) is 6.37. The van der Waals surface area contributed by atoms with Crippen LogP contribution in [0.4, 0.5) is 0 Å². The smallest absolute Gasteiger partial charge is 0.335 e. The summed E-state index contributed by atoms with van der Waals surface area (Å²) in [5.41, 5.74) is 6.65. The number of benzene rings is 4. The highest BCUT2D eigenvalue weighted by Gasteiger charge is 2.38. The van der Waals surface area contributed by atoms with Crippen LogP contribution >= 0.6 is 0 Å². The minimum absolute atomic E-state index is 0.0512. The van der Waals surface area contributed by atoms with Crippen LogP contribution in [0.2, 0.25) is 0 Å². The van der Waals surface area contributed by atoms with Crippen molar-refractivity contribution >= 4 is 11.9 Å². The van der Waals surface area contributed by atoms with Crippen molar-refractivity contribution < 1.29 is 19.1 Å². The Kier molecular flexibility index (Phi) is 8.00. The largest absolute Gasteiger partial charge is 0.478 e. The van der Waals surface area contributed by atoms with E-state index in [1.807, 2.05) is 48.5 Å². The van der Waals surface area contributed by atoms with Crippen LogP contribution < -0.4 is 5.32 Å². The molecule has 42 heavy (non-hydrogen) atoms. The number of hydrogen-bond donors (Lipinski definition) is 2. The molecule has 1 amide bonds. The number of aromatic carboxylic acids is 1. The third-order valence-electron chi connectivity index (χ3n) is 8.31. The molecule has 6 rings (SSSR count). The second-order valence-electron chi connectivity index (χ2n) is 11.0. The number of furan rings is 1. The molecule has 0 saturated carbocycles. The fraction of sp³-hybridized carbons (Fsp3) is 0.189. The van der Waals surface area contributed by atoms with Crippen LogP contribution in [0.3, 0.4) is 0 Å². The Morgan fingerprint density at radius 2 is 1.55 bits per heavy atom. The van der Waals surface area contributed by atoms with Crippen LogP contribution in [0.5, 0.6) is 0 Å². The molecule has 5 aromatic rings. The minimum atomic E-state index is -0.966. The summed E-state index contributed by atoms with van der Waals surface area (Å²) in [6.45, 7) is 0. The fourth-order valence-corrected chi connectivity index (χ4v) is 6.37. The maximum Gasteiger partial charge on any atom is 0.335 e. The highest BCUT2D eigenvalue weighted by atomic mass is 16.4. The zero-order valence-corrected chi connectivity index (χ0v) is 23.3. The highest BCUT2D eigenvalue weighted by Crippen LogP contribution is 2.45. The van der Waals surface area contributed by atoms with Crippen LogP contribution in [-0.4, -0.2) is 17.0 Å². The first-order valence-electron chi connectivity index (χ1n) is 14.4. The van der Waals surface area contributed by atoms with Gasteiger partial charge in [-0.05, 0) is 82.8 Å². The Bertz CT molecular complexity index is 1680. The van der Waals surface area contributed by atoms with Crippen molar-refractivity contribution in [2.45, 2.75) is 37.6 Å². The summed E-state index contributed by atoms with van der Waals surface area (Å²) in [7, 11) is 0. The maximum absolute atomic E-state index is 13.7. The quantitative estimate of drug-likeness (QED) is 0.196. The monoisotopic (exact) mass is 555 g/mol. The maximum atomic E-state index is 13.7. The molecule has 1 aromatic heterocycles. The Morgan fingerprint density at radius 1 is 0.810 bits per heavy atom. The lowest BCUT2D eigenvalue weighted by Crippen LogP contribution is -2.38. The van der Waals surface area contributed by atoms with Crippen LogP contribution in [0.15, 0.2) is 126 Å². The summed E-state index contributed by atoms with van der Waals surface area (Å²) in [5.74, 6) is 0.0702. The van der Waals surface area contributed by atoms with Crippen molar-refractivity contribution in [2.24, 2.45) is 5.92 Å². The van der Waals surface area contributed by atoms with Crippen molar-refractivity contribution in [1.82, 2.24) is 5.32 Å². The van der Waals surface area contributed by atoms with Gasteiger partial charge in [-0.3, -0.25) is 4.79 Å². The lowest BCUT2D eigenvalue weighted by Gasteiger charge is -2.38. The molecule has 1 aliphatic rings. The van der Waals surface area contributed by atoms with Gasteiger partial charge in [-0.2, -0.15) is 0 Å². The number of hydrogen-bond acceptors (Lipinski definition) is 3. The second kappa shape index (κ2) is 12.3. The van der Waals surface area contributed by atoms with E-state index in [9.17, 15) is 14.7 Å². The van der Waals surface area contributed by atoms with Gasteiger partial charge in [-0.15, -0.1) is 0 Å². The average molecular weight is 556 g/mol. The minimum Gasteiger partial charge on any atom is -0.478 e. The SMILES string of the molecule is O=C(Cc1cccc(-c2cccc(C(=O)O)c2)c1)NC(c1ccco1)C1c2ccccc2CCC1Cc1ccccc1. The van der Waals surface area contributed by atoms with Gasteiger partial charge in [0.1, 0.15) is 5.76 Å². The van der Waals surface area contributed by atoms with Crippen molar-refractivity contribution in [3.8, 4) is 11.1 Å². The average Bonchev–Trinajstić information content (AvgIpc) is 3.56. The third-order valence-corrected chi connectivity index (χ3v) is 8.31. The number of nitrogens with one attached hydrogen (secondary N) is 1. The van der Waals surface area contributed by atoms with Gasteiger partial charge in [0.2, 0.25) is 5.91 Å². The van der Waals surface area contributed by atoms with E-state index in [1.165, 1.54) is 16.7 Å². The number of fused-ring (bicyclic) bond motifs is 1. The third kappa shape index (κ3) is 6.06. The highest BCUT2D eigenvalue weighted by molar-refractivity contribution is 5.89. The second-order valence-corrected chi connectivity index (χ2v) is 11.0. The molecule has 5 nitrogen and oxygen atoms in total. The molecular weight excluding hydrogens is 522 g/mol. The van der Waals surface area contributed by atoms with Gasteiger partial charge >= 0.3 is 5.97 Å². The molecule has 5 heteroatoms. The summed E-state index contributed by atoms with van der Waals surface area (Å²) in [4.78, 5) is 25.2. The predicted octanol–water partition coefficient (Wildman–Crippen LogP) is 7.63. The van der Waals surface area contributed by atoms with E-state index in [-0.39, 0.29) is 29.9 Å². The number of aryl methyl sites for hydroxylation is 1. The van der Waals surface area contributed by atoms with Gasteiger partial charge in [-0.25, -0.2) is 4.79 Å². The topological polar surface area (TPSA) is 79.5 Å². The van der Waals surface area contributed by atoms with Crippen molar-refractivity contribution in [1.29, 1.82) is 0 Å². The number of rotatable bonds is 9. The van der Waals surface area contributed by atoms with Gasteiger partial charge in [-0.1, -0.05) is 91.0 Å². The molecule has 0 saturated heterocycles. The van der Waals surface area contributed by atoms with E-state index in [0.29, 0.717) is 5.92 Å². The van der Waals surface area contributed by atoms with Crippen LogP contribution in [0.25, 0.3) is 11.1 Å². The first kappa shape index (κ1) is 27.3. The number of carbonyl (C=O) groups is 2. The molecule has 0 radical (unpaired) electrons. The molecule has 0 fully saturated rings. The van der Waals surface area contributed by atoms with Gasteiger partial charge in [0.15, 0.2) is 0 Å². The van der Waals surface area contributed by atoms with E-state index in [1.54, 1.807) is 24.5 Å². The van der Waals surface area contributed by atoms with Crippen LogP contribution in [0, 0.1) is 5.92 Å². The molecule has 0 bridgehead atoms. The normalized spacial score (nSPS) is 16.8. The van der Waals surface area contributed by atoms with Crippen molar-refractivity contribution in [3.63, 3.8) is 0 Å². The van der Waals surface area contributed by atoms with Crippen LogP contribution in [0.1, 0.15) is 56.8 Å². The summed E-state index contributed by atoms with van der Waals surface area (Å²) in [6, 6.07) is 37.2. The van der Waals surface area contributed by atoms with Gasteiger partial charge in [0, 0.05) is 5.92 Å². The van der Waals surface area contributed by atoms with Gasteiger partial charge in [0.05, 0.1) is 24.3 Å². The standard InChI is InChI=1S/C37H33NO4/c39-34(23-26-11-6-13-28(22-26)29-14-7-15-31(24-29)37(40)41)38-36(33-17-8-20-42-33)35-30(21-25-9-2-1-3-10-25)19-18-27-12-4-5-16-32(27)35/h1-17,20,22,24,30,35-36H,18-19,21,23H2,(H,38,39)(H,40,41). The molecule has 0 aliphatic heterocycles. The number of carbonyl (C=O) groups excluding carboxylic acids is 1. The first-order valence-corrected chi connectivity index (χ1v) is 14.4. The number of carboxylic acids is 1. The van der Waals surface area contributed by atoms with Crippen molar-refractivity contribution in [3.05, 3.63) is 155 Å². The molecule has 1 heterocycles. The van der Waals surface area contributed by atoms with Crippen molar-refractivity contribution in [2.75, 3.05) is 0 Å². The predicted molar refractivity (Wildman–Crippen MR) is 163 cm³/mol. The Balaban J connectivity index is 1.28. The van der Waals surface area contributed by atoms with Gasteiger partial charge in [0.25, 0.3) is 0 Å². The molecule has 4 aromatic carbocycles. The number of carboxylic acid groups (broad SMARTS) is 1. The van der Waals surface area contributed by atoms with E-state index < -0.39 is 5.97 Å². The Morgan fingerprint density at radius 3 is 2.33 bits per heavy atom. The zero-order chi connectivity index (χ0) is 28.9. The Labute approximate surface area is 245 Å². The molecular formula is C37H33NO4.